The van der Waals surface area contributed by atoms with E-state index in [1.807, 2.05) is 13.8 Å². The molecule has 8 nitrogen and oxygen atoms in total. The number of carbonyl (C=O) groups is 1. The minimum atomic E-state index is -0.518. The van der Waals surface area contributed by atoms with Gasteiger partial charge in [-0.1, -0.05) is 19.0 Å². The van der Waals surface area contributed by atoms with Gasteiger partial charge < -0.3 is 9.26 Å². The molecule has 114 valence electrons. The van der Waals surface area contributed by atoms with Crippen molar-refractivity contribution in [1.82, 2.24) is 24.7 Å². The van der Waals surface area contributed by atoms with E-state index in [-0.39, 0.29) is 18.4 Å². The van der Waals surface area contributed by atoms with E-state index in [0.717, 1.165) is 0 Å². The lowest BCUT2D eigenvalue weighted by Crippen LogP contribution is -2.07. The largest absolute Gasteiger partial charge is 0.452 e. The number of esters is 1. The number of aromatic nitrogens is 5. The summed E-state index contributed by atoms with van der Waals surface area (Å²) < 4.78 is 11.8. The van der Waals surface area contributed by atoms with Crippen molar-refractivity contribution in [2.24, 2.45) is 0 Å². The Bertz CT molecular complexity index is 821. The first-order valence-electron chi connectivity index (χ1n) is 6.86. The van der Waals surface area contributed by atoms with Gasteiger partial charge in [-0.25, -0.2) is 14.3 Å². The molecule has 0 spiro atoms. The Morgan fingerprint density at radius 1 is 1.45 bits per heavy atom. The molecule has 3 heterocycles. The van der Waals surface area contributed by atoms with Crippen LogP contribution in [0.4, 0.5) is 0 Å². The SMILES string of the molecule is Cc1nn2cccnc2c1C(=O)OCc1nc(C(C)C)no1. The van der Waals surface area contributed by atoms with Crippen molar-refractivity contribution in [2.45, 2.75) is 33.3 Å². The summed E-state index contributed by atoms with van der Waals surface area (Å²) in [4.78, 5) is 20.6. The van der Waals surface area contributed by atoms with E-state index >= 15 is 0 Å². The number of aryl methyl sites for hydroxylation is 1. The molecule has 3 aromatic rings. The van der Waals surface area contributed by atoms with Gasteiger partial charge in [0.1, 0.15) is 5.56 Å². The Morgan fingerprint density at radius 2 is 2.27 bits per heavy atom. The Morgan fingerprint density at radius 3 is 3.00 bits per heavy atom. The monoisotopic (exact) mass is 301 g/mol. The van der Waals surface area contributed by atoms with E-state index in [1.54, 1.807) is 25.4 Å². The van der Waals surface area contributed by atoms with E-state index in [9.17, 15) is 4.79 Å². The molecule has 0 amide bonds. The highest BCUT2D eigenvalue weighted by atomic mass is 16.6. The average molecular weight is 301 g/mol. The molecule has 0 unspecified atom stereocenters. The minimum absolute atomic E-state index is 0.0812. The Labute approximate surface area is 126 Å². The van der Waals surface area contributed by atoms with Gasteiger partial charge in [-0.2, -0.15) is 10.1 Å². The zero-order chi connectivity index (χ0) is 15.7. The lowest BCUT2D eigenvalue weighted by molar-refractivity contribution is 0.0431. The van der Waals surface area contributed by atoms with Crippen LogP contribution in [0, 0.1) is 6.92 Å². The fraction of sp³-hybridized carbons (Fsp3) is 0.357. The molecular weight excluding hydrogens is 286 g/mol. The maximum Gasteiger partial charge on any atom is 0.344 e. The van der Waals surface area contributed by atoms with Gasteiger partial charge in [0, 0.05) is 18.3 Å². The first-order chi connectivity index (χ1) is 10.6. The highest BCUT2D eigenvalue weighted by Crippen LogP contribution is 2.15. The molecule has 22 heavy (non-hydrogen) atoms. The molecule has 0 atom stereocenters. The maximum atomic E-state index is 12.2. The second-order valence-electron chi connectivity index (χ2n) is 5.13. The summed E-state index contributed by atoms with van der Waals surface area (Å²) in [6.45, 7) is 5.56. The summed E-state index contributed by atoms with van der Waals surface area (Å²) in [6, 6.07) is 1.74. The molecule has 0 N–H and O–H groups in total. The molecular formula is C14H15N5O3. The molecule has 0 bridgehead atoms. The van der Waals surface area contributed by atoms with Crippen molar-refractivity contribution >= 4 is 11.6 Å². The predicted molar refractivity (Wildman–Crippen MR) is 75.2 cm³/mol. The number of fused-ring (bicyclic) bond motifs is 1. The number of ether oxygens (including phenoxy) is 1. The van der Waals surface area contributed by atoms with Crippen LogP contribution in [-0.4, -0.2) is 30.7 Å². The Hall–Kier alpha value is -2.77. The number of rotatable bonds is 4. The summed E-state index contributed by atoms with van der Waals surface area (Å²) in [6.07, 6.45) is 3.32. The summed E-state index contributed by atoms with van der Waals surface area (Å²) in [5, 5.41) is 8.04. The second-order valence-corrected chi connectivity index (χ2v) is 5.13. The number of hydrogen-bond donors (Lipinski definition) is 0. The quantitative estimate of drug-likeness (QED) is 0.679. The molecule has 0 saturated heterocycles. The molecule has 3 aromatic heterocycles. The van der Waals surface area contributed by atoms with E-state index in [2.05, 4.69) is 20.2 Å². The molecule has 3 rings (SSSR count). The molecule has 0 aliphatic heterocycles. The number of hydrogen-bond acceptors (Lipinski definition) is 7. The van der Waals surface area contributed by atoms with Crippen LogP contribution in [0.2, 0.25) is 0 Å². The van der Waals surface area contributed by atoms with Crippen LogP contribution < -0.4 is 0 Å². The van der Waals surface area contributed by atoms with Crippen LogP contribution in [0.1, 0.15) is 47.5 Å². The van der Waals surface area contributed by atoms with E-state index < -0.39 is 5.97 Å². The van der Waals surface area contributed by atoms with Crippen molar-refractivity contribution in [3.05, 3.63) is 41.4 Å². The van der Waals surface area contributed by atoms with Crippen molar-refractivity contribution in [3.63, 3.8) is 0 Å². The topological polar surface area (TPSA) is 95.4 Å². The van der Waals surface area contributed by atoms with Gasteiger partial charge in [0.25, 0.3) is 5.89 Å². The fourth-order valence-corrected chi connectivity index (χ4v) is 2.00. The average Bonchev–Trinajstić information content (AvgIpc) is 3.08. The molecule has 0 aliphatic carbocycles. The summed E-state index contributed by atoms with van der Waals surface area (Å²) in [5.41, 5.74) is 1.35. The standard InChI is InChI=1S/C14H15N5O3/c1-8(2)12-16-10(22-18-12)7-21-14(20)11-9(3)17-19-6-4-5-15-13(11)19/h4-6,8H,7H2,1-3H3. The van der Waals surface area contributed by atoms with E-state index in [1.165, 1.54) is 4.52 Å². The van der Waals surface area contributed by atoms with Crippen LogP contribution in [0.3, 0.4) is 0 Å². The normalized spacial score (nSPS) is 11.3. The first-order valence-corrected chi connectivity index (χ1v) is 6.86. The summed E-state index contributed by atoms with van der Waals surface area (Å²) in [7, 11) is 0. The van der Waals surface area contributed by atoms with Gasteiger partial charge in [0.15, 0.2) is 18.1 Å². The van der Waals surface area contributed by atoms with Crippen LogP contribution in [0.15, 0.2) is 23.0 Å². The maximum absolute atomic E-state index is 12.2. The van der Waals surface area contributed by atoms with Crippen LogP contribution in [-0.2, 0) is 11.3 Å². The summed E-state index contributed by atoms with van der Waals surface area (Å²) >= 11 is 0. The molecule has 0 aromatic carbocycles. The minimum Gasteiger partial charge on any atom is -0.452 e. The zero-order valence-electron chi connectivity index (χ0n) is 12.5. The molecule has 0 fully saturated rings. The van der Waals surface area contributed by atoms with Crippen molar-refractivity contribution < 1.29 is 14.1 Å². The van der Waals surface area contributed by atoms with Crippen LogP contribution in [0.5, 0.6) is 0 Å². The van der Waals surface area contributed by atoms with Crippen LogP contribution >= 0.6 is 0 Å². The highest BCUT2D eigenvalue weighted by Gasteiger charge is 2.20. The third kappa shape index (κ3) is 2.54. The Balaban J connectivity index is 1.77. The molecule has 0 saturated carbocycles. The van der Waals surface area contributed by atoms with Crippen molar-refractivity contribution in [3.8, 4) is 0 Å². The molecule has 0 aliphatic rings. The van der Waals surface area contributed by atoms with Gasteiger partial charge in [0.05, 0.1) is 5.69 Å². The third-order valence-corrected chi connectivity index (χ3v) is 3.10. The molecule has 8 heteroatoms. The lowest BCUT2D eigenvalue weighted by Gasteiger charge is -2.00. The van der Waals surface area contributed by atoms with Crippen molar-refractivity contribution in [2.75, 3.05) is 0 Å². The highest BCUT2D eigenvalue weighted by molar-refractivity contribution is 5.97. The number of carbonyl (C=O) groups excluding carboxylic acids is 1. The molecule has 0 radical (unpaired) electrons. The fourth-order valence-electron chi connectivity index (χ4n) is 2.00. The van der Waals surface area contributed by atoms with Gasteiger partial charge in [-0.05, 0) is 13.0 Å². The zero-order valence-corrected chi connectivity index (χ0v) is 12.5. The lowest BCUT2D eigenvalue weighted by atomic mass is 10.2. The first kappa shape index (κ1) is 14.2. The van der Waals surface area contributed by atoms with Gasteiger partial charge in [-0.15, -0.1) is 0 Å². The van der Waals surface area contributed by atoms with E-state index in [4.69, 9.17) is 9.26 Å². The van der Waals surface area contributed by atoms with Crippen LogP contribution in [0.25, 0.3) is 5.65 Å². The Kier molecular flexibility index (Phi) is 3.58. The van der Waals surface area contributed by atoms with Gasteiger partial charge >= 0.3 is 5.97 Å². The van der Waals surface area contributed by atoms with Crippen molar-refractivity contribution in [1.29, 1.82) is 0 Å². The third-order valence-electron chi connectivity index (χ3n) is 3.10. The van der Waals surface area contributed by atoms with Gasteiger partial charge in [-0.3, -0.25) is 0 Å². The smallest absolute Gasteiger partial charge is 0.344 e. The predicted octanol–water partition coefficient (Wildman–Crippen LogP) is 1.90. The number of nitrogens with zero attached hydrogens (tertiary/aromatic N) is 5. The van der Waals surface area contributed by atoms with Gasteiger partial charge in [0.2, 0.25) is 0 Å². The summed E-state index contributed by atoms with van der Waals surface area (Å²) in [5.74, 6) is 0.480. The van der Waals surface area contributed by atoms with E-state index in [0.29, 0.717) is 22.7 Å². The second kappa shape index (κ2) is 5.55.